The summed E-state index contributed by atoms with van der Waals surface area (Å²) in [5, 5.41) is 10.4. The van der Waals surface area contributed by atoms with E-state index >= 15 is 0 Å². The Morgan fingerprint density at radius 2 is 1.83 bits per heavy atom. The number of Topliss-reactive ketones (excluding diaryl/α,β-unsaturated/α-hetero) is 1. The first-order chi connectivity index (χ1) is 17.4. The highest BCUT2D eigenvalue weighted by Gasteiger charge is 2.42. The molecule has 3 atom stereocenters. The van der Waals surface area contributed by atoms with Crippen molar-refractivity contribution in [1.82, 2.24) is 14.8 Å². The van der Waals surface area contributed by atoms with Crippen LogP contribution >= 0.6 is 21.6 Å². The van der Waals surface area contributed by atoms with Crippen molar-refractivity contribution in [2.75, 3.05) is 25.4 Å². The van der Waals surface area contributed by atoms with E-state index in [1.807, 2.05) is 18.2 Å². The van der Waals surface area contributed by atoms with Crippen molar-refractivity contribution in [1.29, 1.82) is 0 Å². The Bertz CT molecular complexity index is 904. The topological polar surface area (TPSA) is 134 Å². The van der Waals surface area contributed by atoms with Crippen molar-refractivity contribution < 1.29 is 24.3 Å². The normalized spacial score (nSPS) is 20.5. The molecule has 2 fully saturated rings. The fourth-order valence-corrected chi connectivity index (χ4v) is 6.73. The number of likely N-dealkylation sites (tertiary alicyclic amines) is 2. The Morgan fingerprint density at radius 1 is 1.08 bits per heavy atom. The van der Waals surface area contributed by atoms with Gasteiger partial charge in [-0.3, -0.25) is 19.2 Å². The van der Waals surface area contributed by atoms with Gasteiger partial charge in [-0.05, 0) is 68.0 Å². The number of unbranched alkanes of at least 4 members (excludes halogenated alkanes) is 1. The number of pyridine rings is 1. The van der Waals surface area contributed by atoms with Crippen LogP contribution in [0, 0.1) is 5.92 Å². The lowest BCUT2D eigenvalue weighted by Crippen LogP contribution is -2.51. The van der Waals surface area contributed by atoms with Crippen molar-refractivity contribution in [2.24, 2.45) is 11.7 Å². The number of carbonyl (C=O) groups is 4. The molecule has 9 nitrogen and oxygen atoms in total. The van der Waals surface area contributed by atoms with Gasteiger partial charge in [0.15, 0.2) is 5.78 Å². The Labute approximate surface area is 220 Å². The predicted octanol–water partition coefficient (Wildman–Crippen LogP) is 2.98. The molecule has 2 amide bonds. The summed E-state index contributed by atoms with van der Waals surface area (Å²) in [6.07, 6.45) is 6.36. The molecule has 36 heavy (non-hydrogen) atoms. The molecule has 3 rings (SSSR count). The van der Waals surface area contributed by atoms with Crippen molar-refractivity contribution in [3.05, 3.63) is 24.4 Å². The monoisotopic (exact) mass is 536 g/mol. The van der Waals surface area contributed by atoms with Crippen LogP contribution in [0.25, 0.3) is 0 Å². The maximum Gasteiger partial charge on any atom is 0.306 e. The Balaban J connectivity index is 1.53. The molecule has 3 heterocycles. The molecule has 0 bridgehead atoms. The molecule has 1 aromatic rings. The number of nitrogens with two attached hydrogens (primary N) is 1. The summed E-state index contributed by atoms with van der Waals surface area (Å²) in [6.45, 7) is 1.50. The zero-order chi connectivity index (χ0) is 25.9. The average molecular weight is 537 g/mol. The number of hydrogen-bond acceptors (Lipinski definition) is 8. The van der Waals surface area contributed by atoms with Crippen LogP contribution in [0.1, 0.15) is 57.8 Å². The summed E-state index contributed by atoms with van der Waals surface area (Å²) >= 11 is 0. The number of carboxylic acid groups (broad SMARTS) is 1. The number of carboxylic acids is 1. The SMILES string of the molecule is NCCCCC(CC(=O)C1CCCN1C(=O)C1CCCN1C(=O)CCSSc1ccccn1)C(=O)O. The van der Waals surface area contributed by atoms with Crippen molar-refractivity contribution >= 4 is 45.2 Å². The van der Waals surface area contributed by atoms with Gasteiger partial charge < -0.3 is 20.6 Å². The molecule has 2 aliphatic rings. The summed E-state index contributed by atoms with van der Waals surface area (Å²) < 4.78 is 0. The van der Waals surface area contributed by atoms with Crippen LogP contribution in [-0.4, -0.2) is 80.9 Å². The minimum absolute atomic E-state index is 0.0483. The molecule has 11 heteroatoms. The average Bonchev–Trinajstić information content (AvgIpc) is 3.56. The first kappa shape index (κ1) is 28.5. The first-order valence-electron chi connectivity index (χ1n) is 12.7. The lowest BCUT2D eigenvalue weighted by molar-refractivity contribution is -0.148. The fraction of sp³-hybridized carbons (Fsp3) is 0.640. The van der Waals surface area contributed by atoms with E-state index in [0.717, 1.165) is 17.9 Å². The Hall–Kier alpha value is -2.11. The van der Waals surface area contributed by atoms with E-state index in [0.29, 0.717) is 63.9 Å². The molecule has 1 aromatic heterocycles. The predicted molar refractivity (Wildman–Crippen MR) is 140 cm³/mol. The van der Waals surface area contributed by atoms with Gasteiger partial charge in [0, 0.05) is 37.9 Å². The number of aromatic nitrogens is 1. The van der Waals surface area contributed by atoms with Crippen LogP contribution in [0.2, 0.25) is 0 Å². The van der Waals surface area contributed by atoms with Crippen LogP contribution in [0.4, 0.5) is 0 Å². The van der Waals surface area contributed by atoms with E-state index in [4.69, 9.17) is 5.73 Å². The Morgan fingerprint density at radius 3 is 2.53 bits per heavy atom. The second-order valence-corrected chi connectivity index (χ2v) is 11.7. The zero-order valence-corrected chi connectivity index (χ0v) is 22.2. The van der Waals surface area contributed by atoms with Crippen LogP contribution < -0.4 is 5.73 Å². The van der Waals surface area contributed by atoms with Gasteiger partial charge in [0.2, 0.25) is 11.8 Å². The van der Waals surface area contributed by atoms with E-state index in [9.17, 15) is 24.3 Å². The van der Waals surface area contributed by atoms with Crippen LogP contribution in [0.3, 0.4) is 0 Å². The summed E-state index contributed by atoms with van der Waals surface area (Å²) in [7, 11) is 3.08. The molecule has 2 aliphatic heterocycles. The Kier molecular flexibility index (Phi) is 11.5. The molecular weight excluding hydrogens is 500 g/mol. The molecule has 2 saturated heterocycles. The third-order valence-electron chi connectivity index (χ3n) is 6.75. The smallest absolute Gasteiger partial charge is 0.306 e. The van der Waals surface area contributed by atoms with Gasteiger partial charge >= 0.3 is 5.97 Å². The standard InChI is InChI=1S/C25H36N4O5S2/c26-12-3-1-7-18(25(33)34)17-21(30)19-8-5-15-29(19)24(32)20-9-6-14-28(20)23(31)11-16-35-36-22-10-2-4-13-27-22/h2,4,10,13,18-20H,1,3,5-9,11-12,14-17,26H2,(H,33,34). The summed E-state index contributed by atoms with van der Waals surface area (Å²) in [4.78, 5) is 58.6. The van der Waals surface area contributed by atoms with E-state index in [1.165, 1.54) is 10.8 Å². The number of ketones is 1. The van der Waals surface area contributed by atoms with E-state index in [-0.39, 0.29) is 24.0 Å². The molecule has 0 aliphatic carbocycles. The van der Waals surface area contributed by atoms with E-state index in [1.54, 1.807) is 26.8 Å². The highest BCUT2D eigenvalue weighted by molar-refractivity contribution is 8.76. The summed E-state index contributed by atoms with van der Waals surface area (Å²) in [5.74, 6) is -1.55. The third kappa shape index (κ3) is 7.94. The van der Waals surface area contributed by atoms with Gasteiger partial charge in [-0.15, -0.1) is 0 Å². The molecular formula is C25H36N4O5S2. The summed E-state index contributed by atoms with van der Waals surface area (Å²) in [5.41, 5.74) is 5.50. The molecule has 3 N–H and O–H groups in total. The second-order valence-electron chi connectivity index (χ2n) is 9.25. The zero-order valence-electron chi connectivity index (χ0n) is 20.5. The van der Waals surface area contributed by atoms with Crippen molar-refractivity contribution in [3.63, 3.8) is 0 Å². The molecule has 198 valence electrons. The maximum absolute atomic E-state index is 13.5. The quantitative estimate of drug-likeness (QED) is 0.272. The highest BCUT2D eigenvalue weighted by Crippen LogP contribution is 2.31. The lowest BCUT2D eigenvalue weighted by atomic mass is 9.92. The number of rotatable bonds is 14. The largest absolute Gasteiger partial charge is 0.481 e. The molecule has 0 saturated carbocycles. The van der Waals surface area contributed by atoms with Crippen LogP contribution in [0.15, 0.2) is 29.4 Å². The number of amides is 2. The van der Waals surface area contributed by atoms with Crippen LogP contribution in [-0.2, 0) is 19.2 Å². The highest BCUT2D eigenvalue weighted by atomic mass is 33.1. The molecule has 0 radical (unpaired) electrons. The molecule has 3 unspecified atom stereocenters. The van der Waals surface area contributed by atoms with E-state index < -0.39 is 24.0 Å². The first-order valence-corrected chi connectivity index (χ1v) is 15.0. The van der Waals surface area contributed by atoms with Crippen molar-refractivity contribution in [3.8, 4) is 0 Å². The van der Waals surface area contributed by atoms with Gasteiger partial charge in [0.1, 0.15) is 11.1 Å². The number of hydrogen-bond donors (Lipinski definition) is 2. The van der Waals surface area contributed by atoms with Crippen LogP contribution in [0.5, 0.6) is 0 Å². The molecule has 0 aromatic carbocycles. The summed E-state index contributed by atoms with van der Waals surface area (Å²) in [6, 6.07) is 4.55. The van der Waals surface area contributed by atoms with Gasteiger partial charge in [0.05, 0.1) is 12.0 Å². The number of aliphatic carboxylic acids is 1. The minimum atomic E-state index is -0.983. The minimum Gasteiger partial charge on any atom is -0.481 e. The van der Waals surface area contributed by atoms with E-state index in [2.05, 4.69) is 4.98 Å². The van der Waals surface area contributed by atoms with Crippen molar-refractivity contribution in [2.45, 2.75) is 74.9 Å². The molecule has 0 spiro atoms. The third-order valence-corrected chi connectivity index (χ3v) is 9.02. The second kappa shape index (κ2) is 14.6. The number of nitrogens with zero attached hydrogens (tertiary/aromatic N) is 3. The van der Waals surface area contributed by atoms with Gasteiger partial charge in [-0.1, -0.05) is 23.3 Å². The lowest BCUT2D eigenvalue weighted by Gasteiger charge is -2.31. The number of carbonyl (C=O) groups excluding carboxylic acids is 3. The fourth-order valence-electron chi connectivity index (χ4n) is 4.88. The van der Waals surface area contributed by atoms with Gasteiger partial charge in [0.25, 0.3) is 0 Å². The van der Waals surface area contributed by atoms with Gasteiger partial charge in [-0.2, -0.15) is 0 Å². The van der Waals surface area contributed by atoms with Gasteiger partial charge in [-0.25, -0.2) is 4.98 Å². The maximum atomic E-state index is 13.5.